The van der Waals surface area contributed by atoms with Gasteiger partial charge in [0.1, 0.15) is 6.26 Å². The first-order chi connectivity index (χ1) is 10.2. The molecular formula is C16H23NO4. The number of nitrogens with zero attached hydrogens (tertiary/aromatic N) is 1. The normalized spacial score (nSPS) is 24.6. The number of amides is 1. The van der Waals surface area contributed by atoms with Gasteiger partial charge in [0.15, 0.2) is 0 Å². The van der Waals surface area contributed by atoms with E-state index in [-0.39, 0.29) is 11.5 Å². The first-order valence-electron chi connectivity index (χ1n) is 7.69. The van der Waals surface area contributed by atoms with E-state index in [1.165, 1.54) is 6.26 Å². The van der Waals surface area contributed by atoms with Crippen molar-refractivity contribution in [3.05, 3.63) is 24.2 Å². The minimum absolute atomic E-state index is 0.0360. The van der Waals surface area contributed by atoms with Crippen LogP contribution in [0.5, 0.6) is 0 Å². The molecule has 5 heteroatoms. The number of rotatable bonds is 4. The number of likely N-dealkylation sites (tertiary alicyclic amines) is 1. The highest BCUT2D eigenvalue weighted by Crippen LogP contribution is 2.42. The predicted molar refractivity (Wildman–Crippen MR) is 77.1 cm³/mol. The van der Waals surface area contributed by atoms with E-state index in [9.17, 15) is 4.79 Å². The van der Waals surface area contributed by atoms with Crippen LogP contribution in [0.25, 0.3) is 0 Å². The van der Waals surface area contributed by atoms with Crippen molar-refractivity contribution in [3.63, 3.8) is 0 Å². The molecule has 0 N–H and O–H groups in total. The molecule has 1 amide bonds. The summed E-state index contributed by atoms with van der Waals surface area (Å²) in [6, 6.07) is 1.72. The lowest BCUT2D eigenvalue weighted by Gasteiger charge is -2.42. The van der Waals surface area contributed by atoms with Crippen LogP contribution >= 0.6 is 0 Å². The van der Waals surface area contributed by atoms with Gasteiger partial charge in [-0.2, -0.15) is 0 Å². The third kappa shape index (κ3) is 2.85. The second-order valence-electron chi connectivity index (χ2n) is 5.98. The smallest absolute Gasteiger partial charge is 0.257 e. The summed E-state index contributed by atoms with van der Waals surface area (Å²) in [5.74, 6) is 0.619. The van der Waals surface area contributed by atoms with E-state index in [1.54, 1.807) is 19.4 Å². The fourth-order valence-corrected chi connectivity index (χ4v) is 3.66. The SMILES string of the molecule is COCC[C@H]1CCOC12CCN(C(=O)c1ccoc1)CC2. The maximum absolute atomic E-state index is 12.3. The Labute approximate surface area is 125 Å². The number of carbonyl (C=O) groups is 1. The largest absolute Gasteiger partial charge is 0.472 e. The molecule has 0 aliphatic carbocycles. The highest BCUT2D eigenvalue weighted by Gasteiger charge is 2.46. The van der Waals surface area contributed by atoms with Crippen molar-refractivity contribution >= 4 is 5.91 Å². The van der Waals surface area contributed by atoms with Crippen LogP contribution in [0.3, 0.4) is 0 Å². The van der Waals surface area contributed by atoms with Gasteiger partial charge in [-0.15, -0.1) is 0 Å². The molecule has 5 nitrogen and oxygen atoms in total. The van der Waals surface area contributed by atoms with Gasteiger partial charge in [0.2, 0.25) is 0 Å². The fourth-order valence-electron chi connectivity index (χ4n) is 3.66. The van der Waals surface area contributed by atoms with Crippen molar-refractivity contribution in [2.45, 2.75) is 31.3 Å². The summed E-state index contributed by atoms with van der Waals surface area (Å²) in [5, 5.41) is 0. The zero-order chi connectivity index (χ0) is 14.7. The maximum Gasteiger partial charge on any atom is 0.257 e. The summed E-state index contributed by atoms with van der Waals surface area (Å²) >= 11 is 0. The summed E-state index contributed by atoms with van der Waals surface area (Å²) < 4.78 is 16.3. The van der Waals surface area contributed by atoms with Gasteiger partial charge in [-0.3, -0.25) is 4.79 Å². The van der Waals surface area contributed by atoms with Gasteiger partial charge in [0, 0.05) is 33.4 Å². The number of piperidine rings is 1. The Balaban J connectivity index is 1.60. The van der Waals surface area contributed by atoms with Gasteiger partial charge >= 0.3 is 0 Å². The second kappa shape index (κ2) is 6.20. The molecule has 1 aromatic heterocycles. The zero-order valence-corrected chi connectivity index (χ0v) is 12.5. The number of furan rings is 1. The number of hydrogen-bond acceptors (Lipinski definition) is 4. The molecule has 116 valence electrons. The minimum Gasteiger partial charge on any atom is -0.472 e. The molecule has 3 heterocycles. The Morgan fingerprint density at radius 2 is 2.29 bits per heavy atom. The third-order valence-corrected chi connectivity index (χ3v) is 4.94. The molecule has 21 heavy (non-hydrogen) atoms. The molecule has 0 radical (unpaired) electrons. The average Bonchev–Trinajstić information content (AvgIpc) is 3.16. The average molecular weight is 293 g/mol. The van der Waals surface area contributed by atoms with Crippen LogP contribution in [0.4, 0.5) is 0 Å². The molecule has 2 fully saturated rings. The molecular weight excluding hydrogens is 270 g/mol. The van der Waals surface area contributed by atoms with E-state index in [0.29, 0.717) is 11.5 Å². The van der Waals surface area contributed by atoms with Crippen molar-refractivity contribution in [3.8, 4) is 0 Å². The van der Waals surface area contributed by atoms with E-state index in [1.807, 2.05) is 4.90 Å². The molecule has 2 saturated heterocycles. The summed E-state index contributed by atoms with van der Waals surface area (Å²) in [6.07, 6.45) is 7.06. The molecule has 0 unspecified atom stereocenters. The summed E-state index contributed by atoms with van der Waals surface area (Å²) in [5.41, 5.74) is 0.598. The van der Waals surface area contributed by atoms with E-state index in [4.69, 9.17) is 13.9 Å². The van der Waals surface area contributed by atoms with Crippen molar-refractivity contribution in [1.29, 1.82) is 0 Å². The van der Waals surface area contributed by atoms with Crippen molar-refractivity contribution in [2.24, 2.45) is 5.92 Å². The predicted octanol–water partition coefficient (Wildman–Crippen LogP) is 2.33. The quantitative estimate of drug-likeness (QED) is 0.855. The van der Waals surface area contributed by atoms with Crippen molar-refractivity contribution in [2.75, 3.05) is 33.4 Å². The van der Waals surface area contributed by atoms with Gasteiger partial charge in [0.25, 0.3) is 5.91 Å². The van der Waals surface area contributed by atoms with Gasteiger partial charge in [-0.05, 0) is 37.7 Å². The van der Waals surface area contributed by atoms with Gasteiger partial charge in [-0.25, -0.2) is 0 Å². The minimum atomic E-state index is -0.0360. The molecule has 1 aromatic rings. The summed E-state index contributed by atoms with van der Waals surface area (Å²) in [7, 11) is 1.74. The monoisotopic (exact) mass is 293 g/mol. The van der Waals surface area contributed by atoms with Crippen molar-refractivity contribution < 1.29 is 18.7 Å². The number of carbonyl (C=O) groups excluding carboxylic acids is 1. The van der Waals surface area contributed by atoms with E-state index in [2.05, 4.69) is 0 Å². The third-order valence-electron chi connectivity index (χ3n) is 4.94. The Hall–Kier alpha value is -1.33. The standard InChI is InChI=1S/C16H23NO4/c1-19-9-3-14-4-11-21-16(14)5-7-17(8-6-16)15(18)13-2-10-20-12-13/h2,10,12,14H,3-9,11H2,1H3/t14-/m0/s1. The lowest BCUT2D eigenvalue weighted by atomic mass is 9.78. The van der Waals surface area contributed by atoms with Crippen LogP contribution in [0.15, 0.2) is 23.0 Å². The van der Waals surface area contributed by atoms with Gasteiger partial charge in [-0.1, -0.05) is 0 Å². The highest BCUT2D eigenvalue weighted by atomic mass is 16.5. The Bertz CT molecular complexity index is 463. The number of ether oxygens (including phenoxy) is 2. The Kier molecular flexibility index (Phi) is 4.31. The van der Waals surface area contributed by atoms with Crippen LogP contribution in [0, 0.1) is 5.92 Å². The molecule has 2 aliphatic rings. The number of methoxy groups -OCH3 is 1. The van der Waals surface area contributed by atoms with Gasteiger partial charge < -0.3 is 18.8 Å². The summed E-state index contributed by atoms with van der Waals surface area (Å²) in [4.78, 5) is 14.2. The van der Waals surface area contributed by atoms with Crippen LogP contribution in [-0.2, 0) is 9.47 Å². The van der Waals surface area contributed by atoms with E-state index < -0.39 is 0 Å². The summed E-state index contributed by atoms with van der Waals surface area (Å²) in [6.45, 7) is 3.14. The lowest BCUT2D eigenvalue weighted by Crippen LogP contribution is -2.49. The van der Waals surface area contributed by atoms with E-state index >= 15 is 0 Å². The number of hydrogen-bond donors (Lipinski definition) is 0. The fraction of sp³-hybridized carbons (Fsp3) is 0.688. The first-order valence-corrected chi connectivity index (χ1v) is 7.69. The van der Waals surface area contributed by atoms with Crippen molar-refractivity contribution in [1.82, 2.24) is 4.90 Å². The van der Waals surface area contributed by atoms with Gasteiger partial charge in [0.05, 0.1) is 17.4 Å². The molecule has 1 atom stereocenters. The molecule has 0 bridgehead atoms. The Morgan fingerprint density at radius 1 is 1.48 bits per heavy atom. The lowest BCUT2D eigenvalue weighted by molar-refractivity contribution is -0.0661. The Morgan fingerprint density at radius 3 is 2.95 bits per heavy atom. The second-order valence-corrected chi connectivity index (χ2v) is 5.98. The maximum atomic E-state index is 12.3. The molecule has 0 saturated carbocycles. The molecule has 1 spiro atoms. The molecule has 3 rings (SSSR count). The first kappa shape index (κ1) is 14.6. The zero-order valence-electron chi connectivity index (χ0n) is 12.5. The highest BCUT2D eigenvalue weighted by molar-refractivity contribution is 5.93. The van der Waals surface area contributed by atoms with Crippen LogP contribution in [0.1, 0.15) is 36.0 Å². The topological polar surface area (TPSA) is 51.9 Å². The molecule has 0 aromatic carbocycles. The van der Waals surface area contributed by atoms with Crippen LogP contribution in [-0.4, -0.2) is 49.8 Å². The van der Waals surface area contributed by atoms with Crippen LogP contribution < -0.4 is 0 Å². The molecule has 2 aliphatic heterocycles. The van der Waals surface area contributed by atoms with Crippen LogP contribution in [0.2, 0.25) is 0 Å². The van der Waals surface area contributed by atoms with E-state index in [0.717, 1.165) is 52.0 Å².